The number of anilines is 1. The van der Waals surface area contributed by atoms with Gasteiger partial charge in [0.1, 0.15) is 11.4 Å². The van der Waals surface area contributed by atoms with E-state index in [0.717, 1.165) is 24.5 Å². The first-order valence-corrected chi connectivity index (χ1v) is 11.0. The number of rotatable bonds is 3. The van der Waals surface area contributed by atoms with Gasteiger partial charge in [0, 0.05) is 49.7 Å². The molecule has 34 heavy (non-hydrogen) atoms. The Bertz CT molecular complexity index is 1410. The molecule has 0 amide bonds. The predicted octanol–water partition coefficient (Wildman–Crippen LogP) is 3.64. The van der Waals surface area contributed by atoms with Gasteiger partial charge in [-0.3, -0.25) is 4.79 Å². The zero-order valence-corrected chi connectivity index (χ0v) is 18.6. The van der Waals surface area contributed by atoms with E-state index in [1.807, 2.05) is 30.0 Å². The van der Waals surface area contributed by atoms with Crippen LogP contribution in [0.1, 0.15) is 17.3 Å². The highest BCUT2D eigenvalue weighted by Gasteiger charge is 2.20. The summed E-state index contributed by atoms with van der Waals surface area (Å²) in [6, 6.07) is 13.3. The zero-order chi connectivity index (χ0) is 24.2. The lowest BCUT2D eigenvalue weighted by Crippen LogP contribution is -2.43. The van der Waals surface area contributed by atoms with Crippen molar-refractivity contribution in [3.8, 4) is 0 Å². The van der Waals surface area contributed by atoms with E-state index < -0.39 is 23.2 Å². The van der Waals surface area contributed by atoms with Gasteiger partial charge in [-0.2, -0.15) is 4.39 Å². The molecule has 2 N–H and O–H groups in total. The van der Waals surface area contributed by atoms with Gasteiger partial charge in [0.25, 0.3) is 0 Å². The number of hydrogen-bond acceptors (Lipinski definition) is 5. The van der Waals surface area contributed by atoms with E-state index in [0.29, 0.717) is 36.4 Å². The Morgan fingerprint density at radius 1 is 1.12 bits per heavy atom. The maximum atomic E-state index is 14.5. The third-order valence-electron chi connectivity index (χ3n) is 5.74. The number of nitrogens with one attached hydrogen (secondary N) is 1. The molecule has 2 aromatic heterocycles. The number of carboxylic acid groups (broad SMARTS) is 1. The quantitative estimate of drug-likeness (QED) is 0.449. The summed E-state index contributed by atoms with van der Waals surface area (Å²) in [6.45, 7) is 5.26. The molecule has 2 aromatic carbocycles. The summed E-state index contributed by atoms with van der Waals surface area (Å²) >= 11 is 0. The molecule has 0 atom stereocenters. The second-order valence-corrected chi connectivity index (χ2v) is 7.85. The SMILES string of the molecule is CCn1cc(C(=O)O)c(=O)c2cc(F)c(N3CCNCC3)cc21.Fc1ccc2ccccc2n1. The minimum absolute atomic E-state index is 0.100. The van der Waals surface area contributed by atoms with Gasteiger partial charge in [-0.05, 0) is 37.3 Å². The number of carbonyl (C=O) groups is 1. The van der Waals surface area contributed by atoms with Crippen molar-refractivity contribution in [1.29, 1.82) is 0 Å². The number of piperazine rings is 1. The van der Waals surface area contributed by atoms with Crippen LogP contribution in [0.15, 0.2) is 59.5 Å². The first-order chi connectivity index (χ1) is 16.4. The van der Waals surface area contributed by atoms with Crippen LogP contribution in [-0.2, 0) is 6.54 Å². The molecule has 5 rings (SSSR count). The highest BCUT2D eigenvalue weighted by atomic mass is 19.1. The molecule has 3 heterocycles. The standard InChI is InChI=1S/C16H18FN3O3.C9H6FN/c1-2-19-9-11(16(22)23)15(21)10-7-12(17)14(8-13(10)19)20-5-3-18-4-6-20;10-9-6-5-7-3-1-2-4-8(7)11-9/h7-9,18H,2-6H2,1H3,(H,22,23);1-6H. The summed E-state index contributed by atoms with van der Waals surface area (Å²) in [5, 5.41) is 13.4. The molecule has 0 unspecified atom stereocenters. The molecule has 0 bridgehead atoms. The first-order valence-electron chi connectivity index (χ1n) is 11.0. The molecule has 1 aliphatic heterocycles. The summed E-state index contributed by atoms with van der Waals surface area (Å²) < 4.78 is 28.7. The number of benzene rings is 2. The van der Waals surface area contributed by atoms with Crippen LogP contribution in [0.4, 0.5) is 14.5 Å². The van der Waals surface area contributed by atoms with Gasteiger partial charge in [0.05, 0.1) is 16.7 Å². The number of nitrogens with zero attached hydrogens (tertiary/aromatic N) is 3. The van der Waals surface area contributed by atoms with Crippen LogP contribution in [0.5, 0.6) is 0 Å². The van der Waals surface area contributed by atoms with Crippen molar-refractivity contribution in [2.24, 2.45) is 0 Å². The number of aryl methyl sites for hydroxylation is 1. The fourth-order valence-corrected chi connectivity index (χ4v) is 4.00. The van der Waals surface area contributed by atoms with Gasteiger partial charge < -0.3 is 19.9 Å². The fraction of sp³-hybridized carbons (Fsp3) is 0.240. The summed E-state index contributed by atoms with van der Waals surface area (Å²) in [5.41, 5.74) is 0.713. The molecule has 4 aromatic rings. The summed E-state index contributed by atoms with van der Waals surface area (Å²) in [7, 11) is 0. The molecule has 0 aliphatic carbocycles. The molecule has 7 nitrogen and oxygen atoms in total. The van der Waals surface area contributed by atoms with Crippen molar-refractivity contribution < 1.29 is 18.7 Å². The van der Waals surface area contributed by atoms with E-state index in [4.69, 9.17) is 5.11 Å². The van der Waals surface area contributed by atoms with Crippen LogP contribution < -0.4 is 15.6 Å². The smallest absolute Gasteiger partial charge is 0.341 e. The van der Waals surface area contributed by atoms with Crippen LogP contribution in [0.2, 0.25) is 0 Å². The number of aromatic carboxylic acids is 1. The van der Waals surface area contributed by atoms with Crippen LogP contribution in [0.3, 0.4) is 0 Å². The van der Waals surface area contributed by atoms with Crippen molar-refractivity contribution >= 4 is 33.5 Å². The lowest BCUT2D eigenvalue weighted by molar-refractivity contribution is 0.0695. The number of pyridine rings is 2. The lowest BCUT2D eigenvalue weighted by atomic mass is 10.1. The van der Waals surface area contributed by atoms with Gasteiger partial charge >= 0.3 is 5.97 Å². The maximum Gasteiger partial charge on any atom is 0.341 e. The van der Waals surface area contributed by atoms with E-state index in [1.54, 1.807) is 22.8 Å². The predicted molar refractivity (Wildman–Crippen MR) is 128 cm³/mol. The zero-order valence-electron chi connectivity index (χ0n) is 18.6. The van der Waals surface area contributed by atoms with Crippen LogP contribution in [0, 0.1) is 11.8 Å². The van der Waals surface area contributed by atoms with Crippen molar-refractivity contribution in [2.45, 2.75) is 13.5 Å². The minimum atomic E-state index is -1.30. The number of carboxylic acids is 1. The molecule has 9 heteroatoms. The normalized spacial score (nSPS) is 13.6. The number of fused-ring (bicyclic) bond motifs is 2. The topological polar surface area (TPSA) is 87.5 Å². The Morgan fingerprint density at radius 3 is 2.56 bits per heavy atom. The third-order valence-corrected chi connectivity index (χ3v) is 5.74. The maximum absolute atomic E-state index is 14.5. The lowest BCUT2D eigenvalue weighted by Gasteiger charge is -2.30. The van der Waals surface area contributed by atoms with Gasteiger partial charge in [-0.1, -0.05) is 18.2 Å². The monoisotopic (exact) mass is 466 g/mol. The first kappa shape index (κ1) is 23.3. The summed E-state index contributed by atoms with van der Waals surface area (Å²) in [6.07, 6.45) is 1.33. The molecule has 1 aliphatic rings. The Balaban J connectivity index is 0.000000207. The van der Waals surface area contributed by atoms with E-state index in [1.165, 1.54) is 12.3 Å². The number of halogens is 2. The average molecular weight is 466 g/mol. The summed E-state index contributed by atoms with van der Waals surface area (Å²) in [4.78, 5) is 29.1. The van der Waals surface area contributed by atoms with Gasteiger partial charge in [0.15, 0.2) is 0 Å². The number of hydrogen-bond donors (Lipinski definition) is 2. The highest BCUT2D eigenvalue weighted by Crippen LogP contribution is 2.25. The van der Waals surface area contributed by atoms with Gasteiger partial charge in [-0.15, -0.1) is 0 Å². The van der Waals surface area contributed by atoms with Crippen molar-refractivity contribution in [3.63, 3.8) is 0 Å². The fourth-order valence-electron chi connectivity index (χ4n) is 4.00. The minimum Gasteiger partial charge on any atom is -0.477 e. The van der Waals surface area contributed by atoms with Crippen LogP contribution in [0.25, 0.3) is 21.8 Å². The Hall–Kier alpha value is -3.85. The number of aromatic nitrogens is 2. The van der Waals surface area contributed by atoms with Gasteiger partial charge in [0.2, 0.25) is 11.4 Å². The second kappa shape index (κ2) is 9.96. The molecule has 0 spiro atoms. The Labute approximate surface area is 194 Å². The molecular weight excluding hydrogens is 442 g/mol. The van der Waals surface area contributed by atoms with Crippen molar-refractivity contribution in [2.75, 3.05) is 31.1 Å². The second-order valence-electron chi connectivity index (χ2n) is 7.85. The van der Waals surface area contributed by atoms with Crippen molar-refractivity contribution in [3.05, 3.63) is 82.3 Å². The average Bonchev–Trinajstić information content (AvgIpc) is 2.85. The highest BCUT2D eigenvalue weighted by molar-refractivity contribution is 5.93. The van der Waals surface area contributed by atoms with E-state index >= 15 is 0 Å². The largest absolute Gasteiger partial charge is 0.477 e. The van der Waals surface area contributed by atoms with Crippen LogP contribution >= 0.6 is 0 Å². The molecule has 176 valence electrons. The third kappa shape index (κ3) is 4.74. The van der Waals surface area contributed by atoms with Gasteiger partial charge in [-0.25, -0.2) is 14.2 Å². The molecule has 1 saturated heterocycles. The number of para-hydroxylation sites is 1. The Kier molecular flexibility index (Phi) is 6.83. The van der Waals surface area contributed by atoms with Crippen molar-refractivity contribution in [1.82, 2.24) is 14.9 Å². The van der Waals surface area contributed by atoms with Crippen LogP contribution in [-0.4, -0.2) is 46.8 Å². The van der Waals surface area contributed by atoms with E-state index in [-0.39, 0.29) is 10.9 Å². The molecular formula is C25H24F2N4O3. The van der Waals surface area contributed by atoms with E-state index in [2.05, 4.69) is 10.3 Å². The Morgan fingerprint density at radius 2 is 1.85 bits per heavy atom. The molecule has 0 saturated carbocycles. The molecule has 1 fully saturated rings. The molecule has 0 radical (unpaired) electrons. The van der Waals surface area contributed by atoms with E-state index in [9.17, 15) is 18.4 Å². The summed E-state index contributed by atoms with van der Waals surface area (Å²) in [5.74, 6) is -2.23.